The van der Waals surface area contributed by atoms with Gasteiger partial charge in [0.1, 0.15) is 0 Å². The normalized spacial score (nSPS) is 33.6. The molecular weight excluding hydrogens is 172 g/mol. The maximum Gasteiger partial charge on any atom is 0.0675 e. The molecule has 0 aromatic rings. The molecule has 0 bridgehead atoms. The van der Waals surface area contributed by atoms with Crippen molar-refractivity contribution in [2.24, 2.45) is 11.8 Å². The molecule has 0 aliphatic heterocycles. The molecule has 0 saturated heterocycles. The molecule has 1 fully saturated rings. The predicted octanol–water partition coefficient (Wildman–Crippen LogP) is 3.75. The summed E-state index contributed by atoms with van der Waals surface area (Å²) in [5.41, 5.74) is -0.324. The molecule has 0 aromatic heterocycles. The third-order valence-electron chi connectivity index (χ3n) is 4.29. The summed E-state index contributed by atoms with van der Waals surface area (Å²) in [4.78, 5) is 0. The Balaban J connectivity index is 2.51. The molecule has 0 aromatic carbocycles. The van der Waals surface area contributed by atoms with E-state index in [4.69, 9.17) is 0 Å². The molecule has 0 unspecified atom stereocenters. The van der Waals surface area contributed by atoms with Gasteiger partial charge in [0.05, 0.1) is 5.60 Å². The van der Waals surface area contributed by atoms with E-state index in [9.17, 15) is 5.11 Å². The van der Waals surface area contributed by atoms with E-state index in [0.29, 0.717) is 5.92 Å². The minimum atomic E-state index is -0.324. The van der Waals surface area contributed by atoms with Gasteiger partial charge in [0, 0.05) is 0 Å². The van der Waals surface area contributed by atoms with E-state index in [1.165, 1.54) is 19.3 Å². The lowest BCUT2D eigenvalue weighted by atomic mass is 9.70. The maximum absolute atomic E-state index is 10.5. The molecule has 1 nitrogen and oxygen atoms in total. The Morgan fingerprint density at radius 3 is 2.00 bits per heavy atom. The highest BCUT2D eigenvalue weighted by Gasteiger charge is 2.37. The Labute approximate surface area is 88.9 Å². The number of aliphatic hydroxyl groups is 1. The van der Waals surface area contributed by atoms with Gasteiger partial charge in [-0.3, -0.25) is 0 Å². The topological polar surface area (TPSA) is 20.2 Å². The van der Waals surface area contributed by atoms with Gasteiger partial charge < -0.3 is 5.11 Å². The van der Waals surface area contributed by atoms with Crippen molar-refractivity contribution in [3.05, 3.63) is 0 Å². The number of hydrogen-bond donors (Lipinski definition) is 1. The highest BCUT2D eigenvalue weighted by molar-refractivity contribution is 4.89. The van der Waals surface area contributed by atoms with Crippen LogP contribution in [-0.4, -0.2) is 10.7 Å². The summed E-state index contributed by atoms with van der Waals surface area (Å²) in [6.07, 6.45) is 8.11. The van der Waals surface area contributed by atoms with Crippen LogP contribution in [0, 0.1) is 11.8 Å². The van der Waals surface area contributed by atoms with Gasteiger partial charge in [-0.05, 0) is 37.5 Å². The summed E-state index contributed by atoms with van der Waals surface area (Å²) in [5, 5.41) is 10.5. The SMILES string of the molecule is CCC1CCC(O)(C(CC)CC)CC1. The number of hydrogen-bond acceptors (Lipinski definition) is 1. The first-order valence-electron chi connectivity index (χ1n) is 6.38. The fourth-order valence-electron chi connectivity index (χ4n) is 3.04. The van der Waals surface area contributed by atoms with Crippen molar-refractivity contribution in [3.63, 3.8) is 0 Å². The highest BCUT2D eigenvalue weighted by atomic mass is 16.3. The van der Waals surface area contributed by atoms with Crippen LogP contribution in [0.25, 0.3) is 0 Å². The third-order valence-corrected chi connectivity index (χ3v) is 4.29. The Morgan fingerprint density at radius 2 is 1.64 bits per heavy atom. The summed E-state index contributed by atoms with van der Waals surface area (Å²) in [5.74, 6) is 1.41. The molecule has 1 rings (SSSR count). The highest BCUT2D eigenvalue weighted by Crippen LogP contribution is 2.40. The maximum atomic E-state index is 10.5. The molecule has 1 aliphatic rings. The lowest BCUT2D eigenvalue weighted by Gasteiger charge is -2.41. The van der Waals surface area contributed by atoms with E-state index < -0.39 is 0 Å². The molecule has 84 valence electrons. The lowest BCUT2D eigenvalue weighted by molar-refractivity contribution is -0.0621. The van der Waals surface area contributed by atoms with E-state index in [2.05, 4.69) is 20.8 Å². The van der Waals surface area contributed by atoms with Crippen LogP contribution in [0.15, 0.2) is 0 Å². The van der Waals surface area contributed by atoms with Crippen molar-refractivity contribution in [2.75, 3.05) is 0 Å². The first-order chi connectivity index (χ1) is 6.66. The summed E-state index contributed by atoms with van der Waals surface area (Å²) >= 11 is 0. The second-order valence-electron chi connectivity index (χ2n) is 4.97. The zero-order valence-electron chi connectivity index (χ0n) is 10.1. The average Bonchev–Trinajstić information content (AvgIpc) is 2.20. The fraction of sp³-hybridized carbons (Fsp3) is 1.00. The largest absolute Gasteiger partial charge is 0.390 e. The Kier molecular flexibility index (Phi) is 4.43. The zero-order valence-corrected chi connectivity index (χ0v) is 10.1. The van der Waals surface area contributed by atoms with E-state index >= 15 is 0 Å². The lowest BCUT2D eigenvalue weighted by Crippen LogP contribution is -2.41. The van der Waals surface area contributed by atoms with E-state index in [-0.39, 0.29) is 5.60 Å². The Bertz CT molecular complexity index is 153. The smallest absolute Gasteiger partial charge is 0.0675 e. The molecule has 0 amide bonds. The Morgan fingerprint density at radius 1 is 1.14 bits per heavy atom. The van der Waals surface area contributed by atoms with Gasteiger partial charge in [0.15, 0.2) is 0 Å². The summed E-state index contributed by atoms with van der Waals surface area (Å²) in [6, 6.07) is 0. The van der Waals surface area contributed by atoms with Gasteiger partial charge >= 0.3 is 0 Å². The summed E-state index contributed by atoms with van der Waals surface area (Å²) < 4.78 is 0. The van der Waals surface area contributed by atoms with Gasteiger partial charge in [0.25, 0.3) is 0 Å². The van der Waals surface area contributed by atoms with Crippen molar-refractivity contribution in [1.29, 1.82) is 0 Å². The molecule has 1 saturated carbocycles. The quantitative estimate of drug-likeness (QED) is 0.729. The van der Waals surface area contributed by atoms with Crippen LogP contribution in [-0.2, 0) is 0 Å². The average molecular weight is 198 g/mol. The fourth-order valence-corrected chi connectivity index (χ4v) is 3.04. The number of rotatable bonds is 4. The molecule has 0 spiro atoms. The van der Waals surface area contributed by atoms with Gasteiger partial charge in [-0.15, -0.1) is 0 Å². The van der Waals surface area contributed by atoms with Gasteiger partial charge in [-0.1, -0.05) is 40.0 Å². The summed E-state index contributed by atoms with van der Waals surface area (Å²) in [7, 11) is 0. The minimum absolute atomic E-state index is 0.324. The predicted molar refractivity (Wildman–Crippen MR) is 61.3 cm³/mol. The molecular formula is C13H26O. The molecule has 0 heterocycles. The van der Waals surface area contributed by atoms with Crippen molar-refractivity contribution in [2.45, 2.75) is 71.3 Å². The molecule has 0 radical (unpaired) electrons. The van der Waals surface area contributed by atoms with Crippen LogP contribution in [0.1, 0.15) is 65.7 Å². The van der Waals surface area contributed by atoms with E-state index in [1.807, 2.05) is 0 Å². The van der Waals surface area contributed by atoms with Crippen LogP contribution in [0.3, 0.4) is 0 Å². The van der Waals surface area contributed by atoms with Gasteiger partial charge in [-0.25, -0.2) is 0 Å². The molecule has 1 heteroatoms. The van der Waals surface area contributed by atoms with Crippen molar-refractivity contribution >= 4 is 0 Å². The molecule has 0 atom stereocenters. The molecule has 14 heavy (non-hydrogen) atoms. The van der Waals surface area contributed by atoms with Crippen LogP contribution in [0.5, 0.6) is 0 Å². The first-order valence-corrected chi connectivity index (χ1v) is 6.38. The van der Waals surface area contributed by atoms with Crippen molar-refractivity contribution < 1.29 is 5.11 Å². The molecule has 1 aliphatic carbocycles. The van der Waals surface area contributed by atoms with Crippen LogP contribution >= 0.6 is 0 Å². The Hall–Kier alpha value is -0.0400. The second-order valence-corrected chi connectivity index (χ2v) is 4.97. The third kappa shape index (κ3) is 2.50. The molecule has 1 N–H and O–H groups in total. The van der Waals surface area contributed by atoms with E-state index in [0.717, 1.165) is 31.6 Å². The summed E-state index contributed by atoms with van der Waals surface area (Å²) in [6.45, 7) is 6.68. The van der Waals surface area contributed by atoms with Crippen LogP contribution in [0.2, 0.25) is 0 Å². The van der Waals surface area contributed by atoms with Crippen LogP contribution in [0.4, 0.5) is 0 Å². The first kappa shape index (κ1) is 12.0. The standard InChI is InChI=1S/C13H26O/c1-4-11-7-9-13(14,10-8-11)12(5-2)6-3/h11-12,14H,4-10H2,1-3H3. The van der Waals surface area contributed by atoms with Gasteiger partial charge in [0.2, 0.25) is 0 Å². The second kappa shape index (κ2) is 5.16. The monoisotopic (exact) mass is 198 g/mol. The van der Waals surface area contributed by atoms with Gasteiger partial charge in [-0.2, -0.15) is 0 Å². The van der Waals surface area contributed by atoms with Crippen molar-refractivity contribution in [3.8, 4) is 0 Å². The zero-order chi connectivity index (χ0) is 10.6. The van der Waals surface area contributed by atoms with Crippen molar-refractivity contribution in [1.82, 2.24) is 0 Å². The van der Waals surface area contributed by atoms with Crippen LogP contribution < -0.4 is 0 Å². The minimum Gasteiger partial charge on any atom is -0.390 e. The van der Waals surface area contributed by atoms with E-state index in [1.54, 1.807) is 0 Å².